The van der Waals surface area contributed by atoms with E-state index in [4.69, 9.17) is 4.74 Å². The third-order valence-electron chi connectivity index (χ3n) is 5.21. The van der Waals surface area contributed by atoms with Crippen LogP contribution in [0.5, 0.6) is 0 Å². The Morgan fingerprint density at radius 3 is 2.69 bits per heavy atom. The van der Waals surface area contributed by atoms with Crippen LogP contribution in [0.3, 0.4) is 0 Å². The molecule has 1 saturated heterocycles. The van der Waals surface area contributed by atoms with E-state index < -0.39 is 5.92 Å². The molecule has 1 fully saturated rings. The number of morpholine rings is 1. The highest BCUT2D eigenvalue weighted by Crippen LogP contribution is 2.30. The van der Waals surface area contributed by atoms with Gasteiger partial charge in [0.1, 0.15) is 5.82 Å². The zero-order valence-electron chi connectivity index (χ0n) is 16.2. The molecular formula is C22H24N4O3. The summed E-state index contributed by atoms with van der Waals surface area (Å²) in [6.45, 7) is 5.09. The predicted molar refractivity (Wildman–Crippen MR) is 110 cm³/mol. The summed E-state index contributed by atoms with van der Waals surface area (Å²) >= 11 is 0. The highest BCUT2D eigenvalue weighted by molar-refractivity contribution is 6.28. The number of rotatable bonds is 6. The van der Waals surface area contributed by atoms with Gasteiger partial charge in [-0.3, -0.25) is 19.5 Å². The van der Waals surface area contributed by atoms with Crippen molar-refractivity contribution in [2.24, 2.45) is 4.99 Å². The molecule has 1 atom stereocenters. The maximum absolute atomic E-state index is 13.2. The van der Waals surface area contributed by atoms with E-state index in [0.717, 1.165) is 44.2 Å². The van der Waals surface area contributed by atoms with Gasteiger partial charge < -0.3 is 4.74 Å². The Kier molecular flexibility index (Phi) is 6.07. The Morgan fingerprint density at radius 2 is 1.90 bits per heavy atom. The number of benzene rings is 1. The molecule has 0 radical (unpaired) electrons. The SMILES string of the molecule is O=C1c2ccccc2[C@@H](C=NCCCN2CCOCC2)C(=O)N1c1ccccn1. The van der Waals surface area contributed by atoms with Crippen LogP contribution in [-0.4, -0.2) is 67.3 Å². The molecule has 0 spiro atoms. The van der Waals surface area contributed by atoms with Crippen LogP contribution >= 0.6 is 0 Å². The minimum absolute atomic E-state index is 0.315. The number of carbonyl (C=O) groups excluding carboxylic acids is 2. The molecule has 0 N–H and O–H groups in total. The van der Waals surface area contributed by atoms with Crippen LogP contribution in [0.4, 0.5) is 5.82 Å². The number of anilines is 1. The average molecular weight is 392 g/mol. The molecular weight excluding hydrogens is 368 g/mol. The van der Waals surface area contributed by atoms with E-state index in [1.54, 1.807) is 42.7 Å². The lowest BCUT2D eigenvalue weighted by molar-refractivity contribution is -0.118. The number of hydrogen-bond acceptors (Lipinski definition) is 6. The Bertz CT molecular complexity index is 894. The van der Waals surface area contributed by atoms with Crippen molar-refractivity contribution in [1.29, 1.82) is 0 Å². The molecule has 2 aliphatic rings. The van der Waals surface area contributed by atoms with Crippen molar-refractivity contribution in [3.05, 3.63) is 59.8 Å². The summed E-state index contributed by atoms with van der Waals surface area (Å²) in [6, 6.07) is 12.4. The second-order valence-corrected chi connectivity index (χ2v) is 7.09. The van der Waals surface area contributed by atoms with Gasteiger partial charge in [0.05, 0.1) is 19.1 Å². The minimum Gasteiger partial charge on any atom is -0.379 e. The summed E-state index contributed by atoms with van der Waals surface area (Å²) in [5.74, 6) is -0.914. The molecule has 1 aromatic heterocycles. The summed E-state index contributed by atoms with van der Waals surface area (Å²) in [6.07, 6.45) is 4.18. The Morgan fingerprint density at radius 1 is 1.10 bits per heavy atom. The van der Waals surface area contributed by atoms with Gasteiger partial charge in [-0.15, -0.1) is 0 Å². The second kappa shape index (κ2) is 9.07. The first kappa shape index (κ1) is 19.4. The second-order valence-electron chi connectivity index (χ2n) is 7.09. The monoisotopic (exact) mass is 392 g/mol. The molecule has 4 rings (SSSR count). The third kappa shape index (κ3) is 4.26. The number of aliphatic imine (C=N–C) groups is 1. The van der Waals surface area contributed by atoms with E-state index in [9.17, 15) is 9.59 Å². The summed E-state index contributed by atoms with van der Waals surface area (Å²) in [4.78, 5) is 38.3. The standard InChI is InChI=1S/C22H24N4O3/c27-21-18-7-2-1-6-17(18)19(22(28)26(21)20-8-3-4-10-24-20)16-23-9-5-11-25-12-14-29-15-13-25/h1-4,6-8,10,16,19H,5,9,11-15H2/t19-/m1/s1. The third-order valence-corrected chi connectivity index (χ3v) is 5.21. The highest BCUT2D eigenvalue weighted by atomic mass is 16.5. The number of amides is 2. The van der Waals surface area contributed by atoms with Crippen LogP contribution in [0.25, 0.3) is 0 Å². The quantitative estimate of drug-likeness (QED) is 0.428. The van der Waals surface area contributed by atoms with Gasteiger partial charge >= 0.3 is 0 Å². The van der Waals surface area contributed by atoms with E-state index in [1.165, 1.54) is 0 Å². The lowest BCUT2D eigenvalue weighted by atomic mass is 9.89. The van der Waals surface area contributed by atoms with Crippen molar-refractivity contribution in [1.82, 2.24) is 9.88 Å². The largest absolute Gasteiger partial charge is 0.379 e. The van der Waals surface area contributed by atoms with E-state index >= 15 is 0 Å². The number of pyridine rings is 1. The van der Waals surface area contributed by atoms with Crippen molar-refractivity contribution < 1.29 is 14.3 Å². The molecule has 0 aliphatic carbocycles. The van der Waals surface area contributed by atoms with E-state index in [-0.39, 0.29) is 11.8 Å². The zero-order chi connectivity index (χ0) is 20.1. The number of ether oxygens (including phenoxy) is 1. The number of imide groups is 1. The van der Waals surface area contributed by atoms with E-state index in [0.29, 0.717) is 23.5 Å². The molecule has 7 heteroatoms. The van der Waals surface area contributed by atoms with Gasteiger partial charge in [-0.1, -0.05) is 24.3 Å². The first-order valence-corrected chi connectivity index (χ1v) is 9.94. The predicted octanol–water partition coefficient (Wildman–Crippen LogP) is 2.15. The zero-order valence-corrected chi connectivity index (χ0v) is 16.2. The van der Waals surface area contributed by atoms with Gasteiger partial charge in [0.25, 0.3) is 5.91 Å². The molecule has 1 aromatic carbocycles. The number of aromatic nitrogens is 1. The summed E-state index contributed by atoms with van der Waals surface area (Å²) in [5, 5.41) is 0. The fourth-order valence-electron chi connectivity index (χ4n) is 3.69. The molecule has 2 aliphatic heterocycles. The fraction of sp³-hybridized carbons (Fsp3) is 0.364. The lowest BCUT2D eigenvalue weighted by Crippen LogP contribution is -2.46. The maximum atomic E-state index is 13.2. The van der Waals surface area contributed by atoms with E-state index in [2.05, 4.69) is 14.9 Å². The molecule has 29 heavy (non-hydrogen) atoms. The topological polar surface area (TPSA) is 75.1 Å². The number of fused-ring (bicyclic) bond motifs is 1. The Hall–Kier alpha value is -2.90. The van der Waals surface area contributed by atoms with Crippen LogP contribution in [-0.2, 0) is 9.53 Å². The van der Waals surface area contributed by atoms with Crippen molar-refractivity contribution in [2.45, 2.75) is 12.3 Å². The molecule has 2 amide bonds. The maximum Gasteiger partial charge on any atom is 0.266 e. The first-order chi connectivity index (χ1) is 14.3. The lowest BCUT2D eigenvalue weighted by Gasteiger charge is -2.30. The molecule has 0 saturated carbocycles. The van der Waals surface area contributed by atoms with Crippen LogP contribution in [0.1, 0.15) is 28.3 Å². The van der Waals surface area contributed by atoms with Gasteiger partial charge in [-0.25, -0.2) is 9.88 Å². The van der Waals surface area contributed by atoms with Gasteiger partial charge in [0.15, 0.2) is 0 Å². The van der Waals surface area contributed by atoms with Crippen LogP contribution in [0.2, 0.25) is 0 Å². The summed E-state index contributed by atoms with van der Waals surface area (Å²) in [7, 11) is 0. The molecule has 3 heterocycles. The first-order valence-electron chi connectivity index (χ1n) is 9.94. The smallest absolute Gasteiger partial charge is 0.266 e. The Labute approximate surface area is 170 Å². The normalized spacial score (nSPS) is 20.3. The van der Waals surface area contributed by atoms with Gasteiger partial charge in [-0.2, -0.15) is 0 Å². The van der Waals surface area contributed by atoms with Crippen LogP contribution in [0, 0.1) is 0 Å². The van der Waals surface area contributed by atoms with Crippen molar-refractivity contribution in [2.75, 3.05) is 44.3 Å². The minimum atomic E-state index is -0.589. The van der Waals surface area contributed by atoms with Crippen LogP contribution in [0.15, 0.2) is 53.7 Å². The van der Waals surface area contributed by atoms with Crippen LogP contribution < -0.4 is 4.90 Å². The van der Waals surface area contributed by atoms with Crippen molar-refractivity contribution >= 4 is 23.8 Å². The highest BCUT2D eigenvalue weighted by Gasteiger charge is 2.39. The van der Waals surface area contributed by atoms with Crippen molar-refractivity contribution in [3.63, 3.8) is 0 Å². The van der Waals surface area contributed by atoms with Crippen molar-refractivity contribution in [3.8, 4) is 0 Å². The molecule has 150 valence electrons. The average Bonchev–Trinajstić information content (AvgIpc) is 2.77. The van der Waals surface area contributed by atoms with E-state index in [1.807, 2.05) is 12.1 Å². The number of carbonyl (C=O) groups is 2. The fourth-order valence-corrected chi connectivity index (χ4v) is 3.69. The molecule has 7 nitrogen and oxygen atoms in total. The molecule has 0 unspecified atom stereocenters. The number of nitrogens with zero attached hydrogens (tertiary/aromatic N) is 4. The summed E-state index contributed by atoms with van der Waals surface area (Å²) < 4.78 is 5.36. The number of hydrogen-bond donors (Lipinski definition) is 0. The molecule has 2 aromatic rings. The summed E-state index contributed by atoms with van der Waals surface area (Å²) in [5.41, 5.74) is 1.22. The van der Waals surface area contributed by atoms with Gasteiger partial charge in [0.2, 0.25) is 5.91 Å². The molecule has 0 bridgehead atoms. The Balaban J connectivity index is 1.49. The van der Waals surface area contributed by atoms with Gasteiger partial charge in [-0.05, 0) is 30.2 Å². The van der Waals surface area contributed by atoms with Gasteiger partial charge in [0, 0.05) is 44.2 Å².